The van der Waals surface area contributed by atoms with E-state index in [-0.39, 0.29) is 18.1 Å². The molecule has 1 aliphatic heterocycles. The van der Waals surface area contributed by atoms with Crippen molar-refractivity contribution in [2.75, 3.05) is 26.7 Å². The van der Waals surface area contributed by atoms with Crippen molar-refractivity contribution in [1.82, 2.24) is 15.1 Å². The highest BCUT2D eigenvalue weighted by molar-refractivity contribution is 5.76. The van der Waals surface area contributed by atoms with Crippen LogP contribution in [-0.4, -0.2) is 65.7 Å². The Morgan fingerprint density at radius 2 is 2.10 bits per heavy atom. The third-order valence-electron chi connectivity index (χ3n) is 4.34. The van der Waals surface area contributed by atoms with E-state index in [4.69, 9.17) is 5.11 Å². The lowest BCUT2D eigenvalue weighted by atomic mass is 10.1. The van der Waals surface area contributed by atoms with Crippen molar-refractivity contribution >= 4 is 12.0 Å². The number of hydrogen-bond acceptors (Lipinski definition) is 3. The second-order valence-electron chi connectivity index (χ2n) is 5.99. The SMILES string of the molecule is CCC1CN(C)CCCN1C(=O)NC1C=CC(C(=O)O)C1. The van der Waals surface area contributed by atoms with Crippen LogP contribution < -0.4 is 5.32 Å². The van der Waals surface area contributed by atoms with Gasteiger partial charge < -0.3 is 20.2 Å². The zero-order valence-electron chi connectivity index (χ0n) is 12.8. The van der Waals surface area contributed by atoms with Gasteiger partial charge in [-0.2, -0.15) is 0 Å². The molecule has 3 atom stereocenters. The van der Waals surface area contributed by atoms with Crippen molar-refractivity contribution in [3.63, 3.8) is 0 Å². The molecule has 1 heterocycles. The van der Waals surface area contributed by atoms with Crippen LogP contribution in [0.1, 0.15) is 26.2 Å². The van der Waals surface area contributed by atoms with Crippen LogP contribution >= 0.6 is 0 Å². The van der Waals surface area contributed by atoms with Gasteiger partial charge in [0.15, 0.2) is 0 Å². The summed E-state index contributed by atoms with van der Waals surface area (Å²) in [6.45, 7) is 4.75. The molecule has 1 saturated heterocycles. The summed E-state index contributed by atoms with van der Waals surface area (Å²) in [4.78, 5) is 27.6. The summed E-state index contributed by atoms with van der Waals surface area (Å²) < 4.78 is 0. The number of carboxylic acid groups (broad SMARTS) is 1. The Bertz CT molecular complexity index is 424. The van der Waals surface area contributed by atoms with Crippen LogP contribution in [0.25, 0.3) is 0 Å². The Morgan fingerprint density at radius 1 is 1.33 bits per heavy atom. The molecule has 2 aliphatic rings. The number of rotatable bonds is 3. The molecule has 2 N–H and O–H groups in total. The summed E-state index contributed by atoms with van der Waals surface area (Å²) in [5.41, 5.74) is 0. The van der Waals surface area contributed by atoms with Crippen molar-refractivity contribution in [2.24, 2.45) is 5.92 Å². The number of amides is 2. The molecule has 0 aromatic rings. The molecule has 21 heavy (non-hydrogen) atoms. The zero-order valence-corrected chi connectivity index (χ0v) is 12.8. The monoisotopic (exact) mass is 295 g/mol. The Hall–Kier alpha value is -1.56. The minimum absolute atomic E-state index is 0.0714. The van der Waals surface area contributed by atoms with Gasteiger partial charge in [0.2, 0.25) is 0 Å². The number of nitrogens with one attached hydrogen (secondary N) is 1. The second-order valence-corrected chi connectivity index (χ2v) is 5.99. The summed E-state index contributed by atoms with van der Waals surface area (Å²) in [6, 6.07) is -0.0203. The first-order valence-corrected chi connectivity index (χ1v) is 7.68. The van der Waals surface area contributed by atoms with Gasteiger partial charge in [0.25, 0.3) is 0 Å². The van der Waals surface area contributed by atoms with E-state index >= 15 is 0 Å². The highest BCUT2D eigenvalue weighted by atomic mass is 16.4. The Kier molecular flexibility index (Phi) is 5.22. The van der Waals surface area contributed by atoms with Crippen molar-refractivity contribution in [3.8, 4) is 0 Å². The largest absolute Gasteiger partial charge is 0.481 e. The molecule has 0 aromatic heterocycles. The Balaban J connectivity index is 1.93. The van der Waals surface area contributed by atoms with Gasteiger partial charge in [-0.05, 0) is 32.9 Å². The van der Waals surface area contributed by atoms with Crippen molar-refractivity contribution in [2.45, 2.75) is 38.3 Å². The molecule has 2 rings (SSSR count). The molecular weight excluding hydrogens is 270 g/mol. The van der Waals surface area contributed by atoms with E-state index in [1.54, 1.807) is 12.2 Å². The fourth-order valence-corrected chi connectivity index (χ4v) is 3.09. The predicted molar refractivity (Wildman–Crippen MR) is 80.1 cm³/mol. The van der Waals surface area contributed by atoms with Gasteiger partial charge in [0.1, 0.15) is 0 Å². The van der Waals surface area contributed by atoms with Gasteiger partial charge in [-0.25, -0.2) is 4.79 Å². The molecule has 0 aromatic carbocycles. The number of urea groups is 1. The summed E-state index contributed by atoms with van der Waals surface area (Å²) in [7, 11) is 2.08. The summed E-state index contributed by atoms with van der Waals surface area (Å²) in [6.07, 6.45) is 5.81. The number of carbonyl (C=O) groups excluding carboxylic acids is 1. The van der Waals surface area contributed by atoms with E-state index in [2.05, 4.69) is 24.2 Å². The number of likely N-dealkylation sites (N-methyl/N-ethyl adjacent to an activating group) is 1. The summed E-state index contributed by atoms with van der Waals surface area (Å²) in [5, 5.41) is 11.9. The molecule has 6 nitrogen and oxygen atoms in total. The molecule has 0 radical (unpaired) electrons. The molecule has 1 aliphatic carbocycles. The van der Waals surface area contributed by atoms with Crippen molar-refractivity contribution < 1.29 is 14.7 Å². The van der Waals surface area contributed by atoms with Crippen LogP contribution in [0.15, 0.2) is 12.2 Å². The van der Waals surface area contributed by atoms with Crippen molar-refractivity contribution in [1.29, 1.82) is 0 Å². The standard InChI is InChI=1S/C15H25N3O3/c1-3-13-10-17(2)7-4-8-18(13)15(21)16-12-6-5-11(9-12)14(19)20/h5-6,11-13H,3-4,7-10H2,1-2H3,(H,16,21)(H,19,20). The molecular formula is C15H25N3O3. The minimum atomic E-state index is -0.828. The van der Waals surface area contributed by atoms with Crippen molar-refractivity contribution in [3.05, 3.63) is 12.2 Å². The third kappa shape index (κ3) is 3.97. The summed E-state index contributed by atoms with van der Waals surface area (Å²) >= 11 is 0. The quantitative estimate of drug-likeness (QED) is 0.766. The fraction of sp³-hybridized carbons (Fsp3) is 0.733. The molecule has 6 heteroatoms. The predicted octanol–water partition coefficient (Wildman–Crippen LogP) is 1.14. The highest BCUT2D eigenvalue weighted by Crippen LogP contribution is 2.19. The van der Waals surface area contributed by atoms with E-state index in [1.165, 1.54) is 0 Å². The lowest BCUT2D eigenvalue weighted by Gasteiger charge is -2.31. The first kappa shape index (κ1) is 15.8. The molecule has 0 bridgehead atoms. The minimum Gasteiger partial charge on any atom is -0.481 e. The second kappa shape index (κ2) is 6.93. The van der Waals surface area contributed by atoms with Gasteiger partial charge in [0, 0.05) is 19.1 Å². The maximum absolute atomic E-state index is 12.5. The number of nitrogens with zero attached hydrogens (tertiary/aromatic N) is 2. The molecule has 1 fully saturated rings. The fourth-order valence-electron chi connectivity index (χ4n) is 3.09. The van der Waals surface area contributed by atoms with Crippen LogP contribution in [0.5, 0.6) is 0 Å². The lowest BCUT2D eigenvalue weighted by molar-refractivity contribution is -0.140. The first-order valence-electron chi connectivity index (χ1n) is 7.68. The highest BCUT2D eigenvalue weighted by Gasteiger charge is 2.30. The van der Waals surface area contributed by atoms with Crippen LogP contribution in [0.2, 0.25) is 0 Å². The van der Waals surface area contributed by atoms with Gasteiger partial charge >= 0.3 is 12.0 Å². The van der Waals surface area contributed by atoms with E-state index in [1.807, 2.05) is 4.90 Å². The first-order chi connectivity index (χ1) is 10.0. The lowest BCUT2D eigenvalue weighted by Crippen LogP contribution is -2.50. The third-order valence-corrected chi connectivity index (χ3v) is 4.34. The number of carbonyl (C=O) groups is 2. The van der Waals surface area contributed by atoms with Gasteiger partial charge in [-0.15, -0.1) is 0 Å². The van der Waals surface area contributed by atoms with Crippen LogP contribution in [0.4, 0.5) is 4.79 Å². The molecule has 0 spiro atoms. The smallest absolute Gasteiger partial charge is 0.318 e. The van der Waals surface area contributed by atoms with E-state index in [0.29, 0.717) is 6.42 Å². The Labute approximate surface area is 125 Å². The number of aliphatic carboxylic acids is 1. The molecule has 3 unspecified atom stereocenters. The molecule has 0 saturated carbocycles. The maximum Gasteiger partial charge on any atom is 0.318 e. The van der Waals surface area contributed by atoms with Gasteiger partial charge in [-0.1, -0.05) is 19.1 Å². The van der Waals surface area contributed by atoms with Crippen LogP contribution in [0, 0.1) is 5.92 Å². The van der Waals surface area contributed by atoms with E-state index < -0.39 is 11.9 Å². The van der Waals surface area contributed by atoms with E-state index in [0.717, 1.165) is 32.5 Å². The topological polar surface area (TPSA) is 72.9 Å². The number of hydrogen-bond donors (Lipinski definition) is 2. The zero-order chi connectivity index (χ0) is 15.4. The number of carboxylic acids is 1. The molecule has 2 amide bonds. The maximum atomic E-state index is 12.5. The summed E-state index contributed by atoms with van der Waals surface area (Å²) in [5.74, 6) is -1.31. The van der Waals surface area contributed by atoms with Crippen LogP contribution in [-0.2, 0) is 4.79 Å². The average molecular weight is 295 g/mol. The average Bonchev–Trinajstić information content (AvgIpc) is 2.81. The molecule has 118 valence electrons. The van der Waals surface area contributed by atoms with Crippen LogP contribution in [0.3, 0.4) is 0 Å². The normalized spacial score (nSPS) is 30.2. The van der Waals surface area contributed by atoms with E-state index in [9.17, 15) is 9.59 Å². The Morgan fingerprint density at radius 3 is 2.71 bits per heavy atom. The van der Waals surface area contributed by atoms with Gasteiger partial charge in [-0.3, -0.25) is 4.79 Å². The van der Waals surface area contributed by atoms with Gasteiger partial charge in [0.05, 0.1) is 12.0 Å².